The van der Waals surface area contributed by atoms with E-state index in [9.17, 15) is 4.79 Å². The molecule has 0 saturated heterocycles. The first-order chi connectivity index (χ1) is 8.00. The minimum absolute atomic E-state index is 0.315. The van der Waals surface area contributed by atoms with Crippen LogP contribution in [0.25, 0.3) is 0 Å². The Morgan fingerprint density at radius 1 is 1.12 bits per heavy atom. The molecule has 5 heteroatoms. The Kier molecular flexibility index (Phi) is 4.16. The lowest BCUT2D eigenvalue weighted by atomic mass is 10.3. The van der Waals surface area contributed by atoms with E-state index >= 15 is 0 Å². The van der Waals surface area contributed by atoms with Gasteiger partial charge in [0, 0.05) is 24.6 Å². The quantitative estimate of drug-likeness (QED) is 0.652. The van der Waals surface area contributed by atoms with Crippen LogP contribution in [0.2, 0.25) is 0 Å². The van der Waals surface area contributed by atoms with Crippen LogP contribution < -0.4 is 11.5 Å². The molecule has 2 rings (SSSR count). The Balaban J connectivity index is 0.000000171. The third-order valence-corrected chi connectivity index (χ3v) is 2.10. The lowest BCUT2D eigenvalue weighted by molar-refractivity contribution is 0.0686. The van der Waals surface area contributed by atoms with Gasteiger partial charge in [0.25, 0.3) is 0 Å². The summed E-state index contributed by atoms with van der Waals surface area (Å²) in [6, 6.07) is 10.3. The van der Waals surface area contributed by atoms with Crippen LogP contribution in [0, 0.1) is 0 Å². The summed E-state index contributed by atoms with van der Waals surface area (Å²) in [6.07, 6.45) is 1.70. The van der Waals surface area contributed by atoms with Crippen LogP contribution in [0.5, 0.6) is 0 Å². The van der Waals surface area contributed by atoms with E-state index in [1.807, 2.05) is 0 Å². The van der Waals surface area contributed by atoms with Crippen molar-refractivity contribution < 1.29 is 9.90 Å². The lowest BCUT2D eigenvalue weighted by Gasteiger charge is -1.93. The van der Waals surface area contributed by atoms with Crippen molar-refractivity contribution in [3.8, 4) is 0 Å². The number of hydrogen-bond acceptors (Lipinski definition) is 3. The molecule has 0 radical (unpaired) electrons. The van der Waals surface area contributed by atoms with E-state index in [2.05, 4.69) is 0 Å². The maximum absolute atomic E-state index is 10.3. The number of rotatable bonds is 1. The van der Waals surface area contributed by atoms with E-state index in [-0.39, 0.29) is 0 Å². The third-order valence-electron chi connectivity index (χ3n) is 2.10. The van der Waals surface area contributed by atoms with Gasteiger partial charge in [0.05, 0.1) is 0 Å². The van der Waals surface area contributed by atoms with Crippen LogP contribution in [-0.2, 0) is 7.05 Å². The first-order valence-corrected chi connectivity index (χ1v) is 4.96. The van der Waals surface area contributed by atoms with Crippen molar-refractivity contribution in [1.29, 1.82) is 0 Å². The van der Waals surface area contributed by atoms with Gasteiger partial charge in [-0.25, -0.2) is 4.79 Å². The van der Waals surface area contributed by atoms with Crippen LogP contribution >= 0.6 is 0 Å². The van der Waals surface area contributed by atoms with Crippen molar-refractivity contribution in [2.24, 2.45) is 7.05 Å². The zero-order chi connectivity index (χ0) is 12.8. The number of carbonyl (C=O) groups is 1. The minimum Gasteiger partial charge on any atom is -0.477 e. The number of aromatic nitrogens is 1. The zero-order valence-electron chi connectivity index (χ0n) is 9.50. The number of hydrogen-bond donors (Lipinski definition) is 3. The maximum atomic E-state index is 10.3. The standard InChI is InChI=1S/C6H8N2.C6H7NO2/c7-5-1-2-6(8)4-3-5;1-7-4-2-3-5(7)6(8)9/h1-4H,7-8H2;2-4H,1H3,(H,8,9). The van der Waals surface area contributed by atoms with Crippen molar-refractivity contribution in [2.45, 2.75) is 0 Å². The number of anilines is 2. The molecule has 0 unspecified atom stereocenters. The van der Waals surface area contributed by atoms with Crippen molar-refractivity contribution >= 4 is 17.3 Å². The van der Waals surface area contributed by atoms with E-state index in [1.54, 1.807) is 54.2 Å². The van der Waals surface area contributed by atoms with Gasteiger partial charge in [0.1, 0.15) is 5.69 Å². The second-order valence-electron chi connectivity index (χ2n) is 3.48. The van der Waals surface area contributed by atoms with Crippen LogP contribution in [0.15, 0.2) is 42.6 Å². The average Bonchev–Trinajstić information content (AvgIpc) is 2.70. The number of nitrogen functional groups attached to an aromatic ring is 2. The molecule has 0 fully saturated rings. The highest BCUT2D eigenvalue weighted by Gasteiger charge is 2.03. The topological polar surface area (TPSA) is 94.3 Å². The fourth-order valence-electron chi connectivity index (χ4n) is 1.18. The van der Waals surface area contributed by atoms with Crippen molar-refractivity contribution in [3.63, 3.8) is 0 Å². The summed E-state index contributed by atoms with van der Waals surface area (Å²) in [4.78, 5) is 10.3. The molecule has 0 saturated carbocycles. The van der Waals surface area contributed by atoms with E-state index in [0.717, 1.165) is 11.4 Å². The molecular weight excluding hydrogens is 218 g/mol. The summed E-state index contributed by atoms with van der Waals surface area (Å²) in [5.74, 6) is -0.887. The van der Waals surface area contributed by atoms with Crippen LogP contribution in [0.4, 0.5) is 11.4 Å². The average molecular weight is 233 g/mol. The Bertz CT molecular complexity index is 468. The lowest BCUT2D eigenvalue weighted by Crippen LogP contribution is -2.02. The highest BCUT2D eigenvalue weighted by Crippen LogP contribution is 2.04. The van der Waals surface area contributed by atoms with Gasteiger partial charge in [-0.3, -0.25) is 0 Å². The molecule has 1 aromatic heterocycles. The van der Waals surface area contributed by atoms with Crippen molar-refractivity contribution in [1.82, 2.24) is 4.57 Å². The first-order valence-electron chi connectivity index (χ1n) is 4.96. The number of nitrogens with zero attached hydrogens (tertiary/aromatic N) is 1. The Morgan fingerprint density at radius 2 is 1.59 bits per heavy atom. The van der Waals surface area contributed by atoms with Gasteiger partial charge < -0.3 is 21.1 Å². The molecule has 90 valence electrons. The number of carboxylic acids is 1. The number of aromatic carboxylic acids is 1. The van der Waals surface area contributed by atoms with Gasteiger partial charge in [-0.05, 0) is 36.4 Å². The summed E-state index contributed by atoms with van der Waals surface area (Å²) in [7, 11) is 1.70. The molecular formula is C12H15N3O2. The SMILES string of the molecule is Cn1cccc1C(=O)O.Nc1ccc(N)cc1. The molecule has 0 bridgehead atoms. The van der Waals surface area contributed by atoms with Crippen LogP contribution in [-0.4, -0.2) is 15.6 Å². The number of aryl methyl sites for hydroxylation is 1. The van der Waals surface area contributed by atoms with Crippen LogP contribution in [0.3, 0.4) is 0 Å². The summed E-state index contributed by atoms with van der Waals surface area (Å²) in [5.41, 5.74) is 12.6. The predicted octanol–water partition coefficient (Wildman–Crippen LogP) is 1.57. The molecule has 0 atom stereocenters. The van der Waals surface area contributed by atoms with E-state index in [0.29, 0.717) is 5.69 Å². The van der Waals surface area contributed by atoms with Crippen LogP contribution in [0.1, 0.15) is 10.5 Å². The molecule has 0 spiro atoms. The van der Waals surface area contributed by atoms with Gasteiger partial charge in [-0.15, -0.1) is 0 Å². The molecule has 5 N–H and O–H groups in total. The highest BCUT2D eigenvalue weighted by molar-refractivity contribution is 5.85. The van der Waals surface area contributed by atoms with Gasteiger partial charge in [0.2, 0.25) is 0 Å². The fourth-order valence-corrected chi connectivity index (χ4v) is 1.18. The summed E-state index contributed by atoms with van der Waals surface area (Å²) < 4.78 is 1.56. The largest absolute Gasteiger partial charge is 0.477 e. The number of nitrogens with two attached hydrogens (primary N) is 2. The minimum atomic E-state index is -0.887. The highest BCUT2D eigenvalue weighted by atomic mass is 16.4. The Labute approximate surface area is 99.3 Å². The van der Waals surface area contributed by atoms with E-state index < -0.39 is 5.97 Å². The predicted molar refractivity (Wildman–Crippen MR) is 67.6 cm³/mol. The first kappa shape index (κ1) is 12.6. The van der Waals surface area contributed by atoms with Gasteiger partial charge in [0.15, 0.2) is 0 Å². The second-order valence-corrected chi connectivity index (χ2v) is 3.48. The van der Waals surface area contributed by atoms with E-state index in [4.69, 9.17) is 16.6 Å². The maximum Gasteiger partial charge on any atom is 0.352 e. The molecule has 0 aliphatic carbocycles. The Hall–Kier alpha value is -2.43. The van der Waals surface area contributed by atoms with E-state index in [1.165, 1.54) is 0 Å². The summed E-state index contributed by atoms with van der Waals surface area (Å²) in [6.45, 7) is 0. The molecule has 1 aromatic carbocycles. The van der Waals surface area contributed by atoms with Gasteiger partial charge in [-0.1, -0.05) is 0 Å². The Morgan fingerprint density at radius 3 is 1.82 bits per heavy atom. The van der Waals surface area contributed by atoms with Crippen molar-refractivity contribution in [2.75, 3.05) is 11.5 Å². The second kappa shape index (κ2) is 5.60. The molecule has 2 aromatic rings. The molecule has 0 aliphatic rings. The monoisotopic (exact) mass is 233 g/mol. The molecule has 17 heavy (non-hydrogen) atoms. The third kappa shape index (κ3) is 3.90. The summed E-state index contributed by atoms with van der Waals surface area (Å²) >= 11 is 0. The fraction of sp³-hybridized carbons (Fsp3) is 0.0833. The zero-order valence-corrected chi connectivity index (χ0v) is 9.50. The number of carboxylic acid groups (broad SMARTS) is 1. The number of benzene rings is 1. The molecule has 0 aliphatic heterocycles. The van der Waals surface area contributed by atoms with Gasteiger partial charge >= 0.3 is 5.97 Å². The molecule has 0 amide bonds. The normalized spacial score (nSPS) is 9.24. The smallest absolute Gasteiger partial charge is 0.352 e. The molecule has 5 nitrogen and oxygen atoms in total. The summed E-state index contributed by atoms with van der Waals surface area (Å²) in [5, 5.41) is 8.43. The molecule has 1 heterocycles. The van der Waals surface area contributed by atoms with Gasteiger partial charge in [-0.2, -0.15) is 0 Å². The van der Waals surface area contributed by atoms with Crippen molar-refractivity contribution in [3.05, 3.63) is 48.3 Å².